The summed E-state index contributed by atoms with van der Waals surface area (Å²) in [5.41, 5.74) is 14.5. The Kier molecular flexibility index (Phi) is 7.23. The SMILES string of the molecule is c1ccc(-c2nc3c(-c4cc(-n5c6ccccc6c6ccccc65)cc(-n5c6ccccc6c6ccccc65)c4)cccc3c3c(-c4ccccc4)cccc23)cc1. The Morgan fingerprint density at radius 3 is 1.22 bits per heavy atom. The average molecular weight is 738 g/mol. The van der Waals surface area contributed by atoms with E-state index in [0.29, 0.717) is 0 Å². The van der Waals surface area contributed by atoms with Gasteiger partial charge in [-0.3, -0.25) is 0 Å². The lowest BCUT2D eigenvalue weighted by Gasteiger charge is -2.18. The monoisotopic (exact) mass is 737 g/mol. The molecule has 0 amide bonds. The third kappa shape index (κ3) is 4.90. The molecule has 9 aromatic carbocycles. The van der Waals surface area contributed by atoms with Gasteiger partial charge in [-0.25, -0.2) is 4.98 Å². The maximum Gasteiger partial charge on any atom is 0.0794 e. The van der Waals surface area contributed by atoms with E-state index in [-0.39, 0.29) is 0 Å². The standard InChI is InChI=1S/C55H35N3/c1-3-17-36(18-4-1)41-25-15-27-47-53(41)48-28-16-26-42(55(48)56-54(47)37-19-5-2-6-20-37)38-33-39(57-49-29-11-7-21-43(49)44-22-8-12-30-50(44)57)35-40(34-38)58-51-31-13-9-23-45(51)46-24-10-14-32-52(46)58/h1-35H. The number of pyridine rings is 1. The highest BCUT2D eigenvalue weighted by Crippen LogP contribution is 2.43. The van der Waals surface area contributed by atoms with E-state index in [1.54, 1.807) is 0 Å². The molecule has 0 aliphatic heterocycles. The second-order valence-corrected chi connectivity index (χ2v) is 15.1. The smallest absolute Gasteiger partial charge is 0.0794 e. The fourth-order valence-corrected chi connectivity index (χ4v) is 9.40. The summed E-state index contributed by atoms with van der Waals surface area (Å²) in [5.74, 6) is 0. The van der Waals surface area contributed by atoms with Crippen LogP contribution in [0.5, 0.6) is 0 Å². The van der Waals surface area contributed by atoms with Crippen LogP contribution in [0.4, 0.5) is 0 Å². The van der Waals surface area contributed by atoms with Gasteiger partial charge in [0.15, 0.2) is 0 Å². The molecule has 0 atom stereocenters. The van der Waals surface area contributed by atoms with Crippen molar-refractivity contribution < 1.29 is 0 Å². The van der Waals surface area contributed by atoms with Crippen molar-refractivity contribution in [2.24, 2.45) is 0 Å². The van der Waals surface area contributed by atoms with Gasteiger partial charge in [-0.1, -0.05) is 170 Å². The summed E-state index contributed by atoms with van der Waals surface area (Å²) >= 11 is 0. The highest BCUT2D eigenvalue weighted by atomic mass is 15.0. The van der Waals surface area contributed by atoms with Crippen LogP contribution in [-0.4, -0.2) is 14.1 Å². The first-order valence-corrected chi connectivity index (χ1v) is 19.9. The number of para-hydroxylation sites is 5. The Hall–Kier alpha value is -7.75. The molecule has 3 heterocycles. The minimum absolute atomic E-state index is 0.977. The zero-order chi connectivity index (χ0) is 38.2. The van der Waals surface area contributed by atoms with Crippen molar-refractivity contribution in [2.75, 3.05) is 0 Å². The molecule has 0 N–H and O–H groups in total. The first-order valence-electron chi connectivity index (χ1n) is 19.9. The molecule has 3 nitrogen and oxygen atoms in total. The maximum absolute atomic E-state index is 5.66. The second-order valence-electron chi connectivity index (χ2n) is 15.1. The summed E-state index contributed by atoms with van der Waals surface area (Å²) in [6, 6.07) is 76.9. The predicted octanol–water partition coefficient (Wildman–Crippen LogP) is 14.6. The average Bonchev–Trinajstić information content (AvgIpc) is 3.82. The molecule has 58 heavy (non-hydrogen) atoms. The number of benzene rings is 9. The van der Waals surface area contributed by atoms with Gasteiger partial charge < -0.3 is 9.13 Å². The second kappa shape index (κ2) is 12.9. The number of nitrogens with zero attached hydrogens (tertiary/aromatic N) is 3. The van der Waals surface area contributed by atoms with E-state index in [9.17, 15) is 0 Å². The third-order valence-corrected chi connectivity index (χ3v) is 11.9. The number of rotatable bonds is 5. The van der Waals surface area contributed by atoms with E-state index in [1.165, 1.54) is 60.1 Å². The van der Waals surface area contributed by atoms with E-state index < -0.39 is 0 Å². The van der Waals surface area contributed by atoms with Crippen molar-refractivity contribution in [3.05, 3.63) is 212 Å². The lowest BCUT2D eigenvalue weighted by atomic mass is 9.91. The molecule has 270 valence electrons. The van der Waals surface area contributed by atoms with Crippen LogP contribution in [0.2, 0.25) is 0 Å². The summed E-state index contributed by atoms with van der Waals surface area (Å²) in [5, 5.41) is 8.43. The lowest BCUT2D eigenvalue weighted by Crippen LogP contribution is -2.00. The van der Waals surface area contributed by atoms with Crippen molar-refractivity contribution in [1.29, 1.82) is 0 Å². The molecule has 0 aliphatic carbocycles. The summed E-state index contributed by atoms with van der Waals surface area (Å²) in [6.07, 6.45) is 0. The lowest BCUT2D eigenvalue weighted by molar-refractivity contribution is 1.13. The molecule has 3 heteroatoms. The summed E-state index contributed by atoms with van der Waals surface area (Å²) < 4.78 is 4.87. The minimum Gasteiger partial charge on any atom is -0.309 e. The number of aromatic nitrogens is 3. The molecular formula is C55H35N3. The van der Waals surface area contributed by atoms with Crippen LogP contribution in [0.15, 0.2) is 212 Å². The molecule has 0 bridgehead atoms. The summed E-state index contributed by atoms with van der Waals surface area (Å²) in [7, 11) is 0. The van der Waals surface area contributed by atoms with Gasteiger partial charge >= 0.3 is 0 Å². The minimum atomic E-state index is 0.977. The van der Waals surface area contributed by atoms with Crippen molar-refractivity contribution in [2.45, 2.75) is 0 Å². The third-order valence-electron chi connectivity index (χ3n) is 11.9. The van der Waals surface area contributed by atoms with Crippen molar-refractivity contribution in [3.63, 3.8) is 0 Å². The topological polar surface area (TPSA) is 22.8 Å². The zero-order valence-electron chi connectivity index (χ0n) is 31.5. The molecule has 0 saturated heterocycles. The van der Waals surface area contributed by atoms with Gasteiger partial charge in [0.1, 0.15) is 0 Å². The Balaban J connectivity index is 1.22. The van der Waals surface area contributed by atoms with E-state index in [1.807, 2.05) is 0 Å². The van der Waals surface area contributed by atoms with Crippen LogP contribution >= 0.6 is 0 Å². The van der Waals surface area contributed by atoms with Gasteiger partial charge in [0.05, 0.1) is 33.3 Å². The van der Waals surface area contributed by atoms with Crippen LogP contribution < -0.4 is 0 Å². The van der Waals surface area contributed by atoms with Gasteiger partial charge in [0, 0.05) is 60.2 Å². The normalized spacial score (nSPS) is 11.8. The van der Waals surface area contributed by atoms with Crippen molar-refractivity contribution in [1.82, 2.24) is 14.1 Å². The van der Waals surface area contributed by atoms with Crippen molar-refractivity contribution >= 4 is 65.3 Å². The number of hydrogen-bond acceptors (Lipinski definition) is 1. The molecule has 0 saturated carbocycles. The van der Waals surface area contributed by atoms with Gasteiger partial charge in [-0.2, -0.15) is 0 Å². The quantitative estimate of drug-likeness (QED) is 0.161. The maximum atomic E-state index is 5.66. The van der Waals surface area contributed by atoms with E-state index in [4.69, 9.17) is 4.98 Å². The largest absolute Gasteiger partial charge is 0.309 e. The van der Waals surface area contributed by atoms with Gasteiger partial charge in [0.2, 0.25) is 0 Å². The van der Waals surface area contributed by atoms with E-state index in [0.717, 1.165) is 50.0 Å². The van der Waals surface area contributed by atoms with Gasteiger partial charge in [-0.15, -0.1) is 0 Å². The molecule has 0 aliphatic rings. The van der Waals surface area contributed by atoms with Gasteiger partial charge in [-0.05, 0) is 59.2 Å². The van der Waals surface area contributed by atoms with Crippen LogP contribution in [0.25, 0.3) is 110 Å². The van der Waals surface area contributed by atoms with Gasteiger partial charge in [0.25, 0.3) is 0 Å². The zero-order valence-corrected chi connectivity index (χ0v) is 31.5. The van der Waals surface area contributed by atoms with E-state index in [2.05, 4.69) is 221 Å². The highest BCUT2D eigenvalue weighted by Gasteiger charge is 2.20. The fourth-order valence-electron chi connectivity index (χ4n) is 9.40. The summed E-state index contributed by atoms with van der Waals surface area (Å²) in [6.45, 7) is 0. The Labute approximate surface area is 335 Å². The molecule has 0 radical (unpaired) electrons. The van der Waals surface area contributed by atoms with Crippen LogP contribution in [-0.2, 0) is 0 Å². The van der Waals surface area contributed by atoms with Crippen LogP contribution in [0.3, 0.4) is 0 Å². The molecular weight excluding hydrogens is 703 g/mol. The molecule has 0 unspecified atom stereocenters. The van der Waals surface area contributed by atoms with Crippen molar-refractivity contribution in [3.8, 4) is 44.9 Å². The molecule has 12 rings (SSSR count). The first kappa shape index (κ1) is 32.5. The fraction of sp³-hybridized carbons (Fsp3) is 0. The predicted molar refractivity (Wildman–Crippen MR) is 244 cm³/mol. The molecule has 3 aromatic heterocycles. The molecule has 12 aromatic rings. The number of hydrogen-bond donors (Lipinski definition) is 0. The molecule has 0 spiro atoms. The first-order chi connectivity index (χ1) is 28.8. The number of fused-ring (bicyclic) bond motifs is 9. The Morgan fingerprint density at radius 1 is 0.293 bits per heavy atom. The Bertz CT molecular complexity index is 3320. The Morgan fingerprint density at radius 2 is 0.707 bits per heavy atom. The van der Waals surface area contributed by atoms with Crippen LogP contribution in [0, 0.1) is 0 Å². The molecule has 0 fully saturated rings. The van der Waals surface area contributed by atoms with Crippen LogP contribution in [0.1, 0.15) is 0 Å². The van der Waals surface area contributed by atoms with E-state index >= 15 is 0 Å². The summed E-state index contributed by atoms with van der Waals surface area (Å²) in [4.78, 5) is 5.66. The highest BCUT2D eigenvalue weighted by molar-refractivity contribution is 6.19.